The highest BCUT2D eigenvalue weighted by Crippen LogP contribution is 2.28. The fourth-order valence-corrected chi connectivity index (χ4v) is 3.04. The molecule has 120 valence electrons. The molecule has 2 aliphatic rings. The zero-order valence-corrected chi connectivity index (χ0v) is 13.5. The lowest BCUT2D eigenvalue weighted by atomic mass is 9.84. The Bertz CT molecular complexity index is 357. The molecule has 21 heavy (non-hydrogen) atoms. The highest BCUT2D eigenvalue weighted by molar-refractivity contribution is 5.80. The summed E-state index contributed by atoms with van der Waals surface area (Å²) in [6.45, 7) is 9.91. The number of nitrogens with zero attached hydrogens (tertiary/aromatic N) is 3. The maximum Gasteiger partial charge on any atom is 0.225 e. The van der Waals surface area contributed by atoms with Crippen molar-refractivity contribution < 1.29 is 9.59 Å². The minimum Gasteiger partial charge on any atom is -0.339 e. The van der Waals surface area contributed by atoms with E-state index < -0.39 is 0 Å². The third-order valence-corrected chi connectivity index (χ3v) is 4.93. The van der Waals surface area contributed by atoms with Crippen LogP contribution in [0.1, 0.15) is 39.5 Å². The third-order valence-electron chi connectivity index (χ3n) is 4.93. The van der Waals surface area contributed by atoms with Crippen LogP contribution in [0.2, 0.25) is 0 Å². The van der Waals surface area contributed by atoms with Gasteiger partial charge in [0.1, 0.15) is 0 Å². The van der Waals surface area contributed by atoms with Crippen molar-refractivity contribution in [2.24, 2.45) is 5.92 Å². The summed E-state index contributed by atoms with van der Waals surface area (Å²) in [5, 5.41) is 0. The molecule has 0 atom stereocenters. The summed E-state index contributed by atoms with van der Waals surface area (Å²) in [7, 11) is 0. The lowest BCUT2D eigenvalue weighted by Crippen LogP contribution is -2.52. The topological polar surface area (TPSA) is 43.9 Å². The molecule has 1 saturated carbocycles. The van der Waals surface area contributed by atoms with Crippen LogP contribution < -0.4 is 0 Å². The minimum atomic E-state index is 0.234. The Morgan fingerprint density at radius 1 is 1.00 bits per heavy atom. The first-order valence-electron chi connectivity index (χ1n) is 8.44. The zero-order chi connectivity index (χ0) is 15.2. The van der Waals surface area contributed by atoms with Crippen molar-refractivity contribution in [1.29, 1.82) is 0 Å². The van der Waals surface area contributed by atoms with Crippen molar-refractivity contribution in [3.63, 3.8) is 0 Å². The average Bonchev–Trinajstić information content (AvgIpc) is 2.46. The summed E-state index contributed by atoms with van der Waals surface area (Å²) in [5.74, 6) is 0.823. The second-order valence-electron chi connectivity index (χ2n) is 6.11. The van der Waals surface area contributed by atoms with Crippen LogP contribution in [0.3, 0.4) is 0 Å². The molecule has 1 heterocycles. The molecule has 5 nitrogen and oxygen atoms in total. The van der Waals surface area contributed by atoms with Gasteiger partial charge in [0.25, 0.3) is 0 Å². The van der Waals surface area contributed by atoms with Crippen LogP contribution in [0.4, 0.5) is 0 Å². The van der Waals surface area contributed by atoms with E-state index in [1.54, 1.807) is 0 Å². The molecule has 5 heteroatoms. The zero-order valence-electron chi connectivity index (χ0n) is 13.5. The van der Waals surface area contributed by atoms with Crippen LogP contribution >= 0.6 is 0 Å². The molecule has 2 rings (SSSR count). The molecule has 0 radical (unpaired) electrons. The van der Waals surface area contributed by atoms with E-state index in [9.17, 15) is 9.59 Å². The molecule has 0 aromatic heterocycles. The molecule has 0 unspecified atom stereocenters. The van der Waals surface area contributed by atoms with Crippen LogP contribution in [0.5, 0.6) is 0 Å². The van der Waals surface area contributed by atoms with Gasteiger partial charge in [0.05, 0.1) is 0 Å². The second kappa shape index (κ2) is 7.78. The Hall–Kier alpha value is -1.10. The first-order valence-corrected chi connectivity index (χ1v) is 8.44. The van der Waals surface area contributed by atoms with Crippen molar-refractivity contribution in [3.8, 4) is 0 Å². The smallest absolute Gasteiger partial charge is 0.225 e. The summed E-state index contributed by atoms with van der Waals surface area (Å²) >= 11 is 0. The van der Waals surface area contributed by atoms with Gasteiger partial charge in [-0.15, -0.1) is 0 Å². The van der Waals surface area contributed by atoms with Gasteiger partial charge < -0.3 is 14.7 Å². The van der Waals surface area contributed by atoms with Gasteiger partial charge in [0, 0.05) is 45.1 Å². The average molecular weight is 295 g/mol. The number of amides is 2. The van der Waals surface area contributed by atoms with Crippen molar-refractivity contribution in [2.45, 2.75) is 39.5 Å². The Kier molecular flexibility index (Phi) is 6.03. The van der Waals surface area contributed by atoms with Crippen molar-refractivity contribution >= 4 is 11.8 Å². The van der Waals surface area contributed by atoms with E-state index in [2.05, 4.69) is 18.7 Å². The van der Waals surface area contributed by atoms with E-state index in [0.717, 1.165) is 32.5 Å². The standard InChI is InChI=1S/C16H29N3O2/c1-3-17(4-2)9-8-15(20)18-10-12-19(13-11-18)16(21)14-6-5-7-14/h14H,3-13H2,1-2H3. The Morgan fingerprint density at radius 2 is 1.57 bits per heavy atom. The van der Waals surface area contributed by atoms with E-state index in [4.69, 9.17) is 0 Å². The normalized spacial score (nSPS) is 19.8. The molecule has 1 saturated heterocycles. The number of carbonyl (C=O) groups excluding carboxylic acids is 2. The SMILES string of the molecule is CCN(CC)CCC(=O)N1CCN(C(=O)C2CCC2)CC1. The molecule has 0 bridgehead atoms. The lowest BCUT2D eigenvalue weighted by Gasteiger charge is -2.38. The van der Waals surface area contributed by atoms with Crippen LogP contribution in [0, 0.1) is 5.92 Å². The first kappa shape index (κ1) is 16.3. The van der Waals surface area contributed by atoms with E-state index >= 15 is 0 Å². The fourth-order valence-electron chi connectivity index (χ4n) is 3.04. The van der Waals surface area contributed by atoms with Crippen molar-refractivity contribution in [3.05, 3.63) is 0 Å². The third kappa shape index (κ3) is 4.19. The van der Waals surface area contributed by atoms with E-state index in [1.165, 1.54) is 6.42 Å². The molecule has 0 aromatic rings. The number of piperazine rings is 1. The number of rotatable bonds is 6. The quantitative estimate of drug-likeness (QED) is 0.739. The van der Waals surface area contributed by atoms with Crippen LogP contribution in [0.25, 0.3) is 0 Å². The van der Waals surface area contributed by atoms with Crippen LogP contribution in [0.15, 0.2) is 0 Å². The lowest BCUT2D eigenvalue weighted by molar-refractivity contribution is -0.144. The first-order chi connectivity index (χ1) is 10.2. The Balaban J connectivity index is 1.70. The Labute approximate surface area is 128 Å². The highest BCUT2D eigenvalue weighted by Gasteiger charge is 2.31. The summed E-state index contributed by atoms with van der Waals surface area (Å²) in [6, 6.07) is 0. The van der Waals surface area contributed by atoms with Gasteiger partial charge in [0.2, 0.25) is 11.8 Å². The van der Waals surface area contributed by atoms with Crippen molar-refractivity contribution in [2.75, 3.05) is 45.8 Å². The van der Waals surface area contributed by atoms with Gasteiger partial charge >= 0.3 is 0 Å². The predicted molar refractivity (Wildman–Crippen MR) is 82.9 cm³/mol. The van der Waals surface area contributed by atoms with Gasteiger partial charge in [-0.05, 0) is 25.9 Å². The fraction of sp³-hybridized carbons (Fsp3) is 0.875. The maximum atomic E-state index is 12.2. The van der Waals surface area contributed by atoms with E-state index in [1.807, 2.05) is 9.80 Å². The Morgan fingerprint density at radius 3 is 2.05 bits per heavy atom. The molecule has 2 fully saturated rings. The molecule has 0 aromatic carbocycles. The summed E-state index contributed by atoms with van der Waals surface area (Å²) in [4.78, 5) is 30.5. The number of carbonyl (C=O) groups is 2. The molecule has 2 amide bonds. The van der Waals surface area contributed by atoms with Crippen molar-refractivity contribution in [1.82, 2.24) is 14.7 Å². The minimum absolute atomic E-state index is 0.234. The molecule has 0 spiro atoms. The molecular formula is C16H29N3O2. The molecule has 1 aliphatic carbocycles. The van der Waals surface area contributed by atoms with Gasteiger partial charge in [-0.3, -0.25) is 9.59 Å². The predicted octanol–water partition coefficient (Wildman–Crippen LogP) is 1.19. The summed E-state index contributed by atoms with van der Waals surface area (Å²) < 4.78 is 0. The molecule has 1 aliphatic heterocycles. The van der Waals surface area contributed by atoms with E-state index in [0.29, 0.717) is 38.5 Å². The van der Waals surface area contributed by atoms with E-state index in [-0.39, 0.29) is 11.8 Å². The van der Waals surface area contributed by atoms with Crippen LogP contribution in [-0.4, -0.2) is 72.3 Å². The largest absolute Gasteiger partial charge is 0.339 e. The summed E-state index contributed by atoms with van der Waals surface area (Å²) in [6.07, 6.45) is 3.90. The van der Waals surface area contributed by atoms with Gasteiger partial charge in [0.15, 0.2) is 0 Å². The summed E-state index contributed by atoms with van der Waals surface area (Å²) in [5.41, 5.74) is 0. The van der Waals surface area contributed by atoms with Gasteiger partial charge in [-0.2, -0.15) is 0 Å². The molecular weight excluding hydrogens is 266 g/mol. The van der Waals surface area contributed by atoms with Gasteiger partial charge in [-0.1, -0.05) is 20.3 Å². The molecule has 0 N–H and O–H groups in total. The van der Waals surface area contributed by atoms with Crippen LogP contribution in [-0.2, 0) is 9.59 Å². The number of hydrogen-bond acceptors (Lipinski definition) is 3. The number of hydrogen-bond donors (Lipinski definition) is 0. The monoisotopic (exact) mass is 295 g/mol. The highest BCUT2D eigenvalue weighted by atomic mass is 16.2. The second-order valence-corrected chi connectivity index (χ2v) is 6.11. The van der Waals surface area contributed by atoms with Gasteiger partial charge in [-0.25, -0.2) is 0 Å². The maximum absolute atomic E-state index is 12.2.